The normalized spacial score (nSPS) is 11.3. The predicted molar refractivity (Wildman–Crippen MR) is 82.9 cm³/mol. The molecule has 0 aliphatic carbocycles. The molecule has 0 aliphatic heterocycles. The van der Waals surface area contributed by atoms with Crippen LogP contribution in [0.1, 0.15) is 5.56 Å². The molecule has 5 nitrogen and oxygen atoms in total. The summed E-state index contributed by atoms with van der Waals surface area (Å²) in [5, 5.41) is 5.31. The lowest BCUT2D eigenvalue weighted by atomic mass is 10.1. The summed E-state index contributed by atoms with van der Waals surface area (Å²) in [6, 6.07) is 14.2. The van der Waals surface area contributed by atoms with Crippen molar-refractivity contribution in [2.45, 2.75) is 6.92 Å². The minimum Gasteiger partial charge on any atom is -0.366 e. The molecular formula is C16H13N5. The zero-order valence-electron chi connectivity index (χ0n) is 11.5. The Hall–Kier alpha value is -2.95. The smallest absolute Gasteiger partial charge is 0.240 e. The van der Waals surface area contributed by atoms with Crippen molar-refractivity contribution >= 4 is 22.5 Å². The first-order chi connectivity index (χ1) is 10.2. The summed E-state index contributed by atoms with van der Waals surface area (Å²) in [6.45, 7) is 1.99. The van der Waals surface area contributed by atoms with E-state index >= 15 is 0 Å². The van der Waals surface area contributed by atoms with Gasteiger partial charge in [0.05, 0.1) is 11.2 Å². The number of para-hydroxylation sites is 1. The van der Waals surface area contributed by atoms with Gasteiger partial charge in [-0.2, -0.15) is 4.98 Å². The van der Waals surface area contributed by atoms with Gasteiger partial charge in [-0.15, -0.1) is 5.10 Å². The van der Waals surface area contributed by atoms with E-state index in [4.69, 9.17) is 10.7 Å². The Morgan fingerprint density at radius 3 is 2.81 bits per heavy atom. The first-order valence-electron chi connectivity index (χ1n) is 6.69. The summed E-state index contributed by atoms with van der Waals surface area (Å²) >= 11 is 0. The molecule has 0 saturated carbocycles. The van der Waals surface area contributed by atoms with Crippen LogP contribution in [0.5, 0.6) is 0 Å². The highest BCUT2D eigenvalue weighted by atomic mass is 15.3. The fraction of sp³-hybridized carbons (Fsp3) is 0.0625. The van der Waals surface area contributed by atoms with Crippen LogP contribution in [-0.2, 0) is 0 Å². The Labute approximate surface area is 121 Å². The number of pyridine rings is 2. The van der Waals surface area contributed by atoms with Crippen LogP contribution in [0.2, 0.25) is 0 Å². The molecule has 0 saturated heterocycles. The monoisotopic (exact) mass is 275 g/mol. The van der Waals surface area contributed by atoms with Crippen molar-refractivity contribution in [3.8, 4) is 11.3 Å². The molecular weight excluding hydrogens is 262 g/mol. The molecule has 4 rings (SSSR count). The van der Waals surface area contributed by atoms with Gasteiger partial charge in [0.15, 0.2) is 5.65 Å². The maximum atomic E-state index is 5.66. The largest absolute Gasteiger partial charge is 0.366 e. The van der Waals surface area contributed by atoms with Crippen LogP contribution in [0, 0.1) is 6.92 Å². The molecule has 0 spiro atoms. The van der Waals surface area contributed by atoms with Gasteiger partial charge in [-0.05, 0) is 30.7 Å². The number of nitrogens with two attached hydrogens (primary N) is 1. The number of fused-ring (bicyclic) bond motifs is 2. The number of rotatable bonds is 1. The van der Waals surface area contributed by atoms with Crippen LogP contribution in [0.15, 0.2) is 48.7 Å². The van der Waals surface area contributed by atoms with E-state index in [-0.39, 0.29) is 5.95 Å². The van der Waals surface area contributed by atoms with Crippen LogP contribution in [0.4, 0.5) is 5.95 Å². The van der Waals surface area contributed by atoms with Crippen molar-refractivity contribution in [3.05, 3.63) is 54.2 Å². The summed E-state index contributed by atoms with van der Waals surface area (Å²) in [4.78, 5) is 8.91. The van der Waals surface area contributed by atoms with Gasteiger partial charge < -0.3 is 5.73 Å². The number of benzene rings is 1. The van der Waals surface area contributed by atoms with Gasteiger partial charge in [0.2, 0.25) is 5.95 Å². The number of nitrogen functional groups attached to an aromatic ring is 1. The highest BCUT2D eigenvalue weighted by Crippen LogP contribution is 2.23. The van der Waals surface area contributed by atoms with Gasteiger partial charge in [-0.25, -0.2) is 9.50 Å². The minimum atomic E-state index is 0.279. The van der Waals surface area contributed by atoms with Crippen molar-refractivity contribution < 1.29 is 0 Å². The molecule has 0 aliphatic rings. The second-order valence-electron chi connectivity index (χ2n) is 5.04. The first kappa shape index (κ1) is 11.8. The van der Waals surface area contributed by atoms with E-state index in [2.05, 4.69) is 28.3 Å². The number of anilines is 1. The number of aromatic nitrogens is 4. The molecule has 0 unspecified atom stereocenters. The van der Waals surface area contributed by atoms with Crippen molar-refractivity contribution in [1.82, 2.24) is 19.6 Å². The molecule has 2 N–H and O–H groups in total. The summed E-state index contributed by atoms with van der Waals surface area (Å²) in [5.74, 6) is 0.279. The predicted octanol–water partition coefficient (Wildman–Crippen LogP) is 2.84. The molecule has 1 aromatic carbocycles. The van der Waals surface area contributed by atoms with E-state index in [1.54, 1.807) is 4.52 Å². The molecule has 0 atom stereocenters. The van der Waals surface area contributed by atoms with Gasteiger partial charge in [0, 0.05) is 17.1 Å². The maximum Gasteiger partial charge on any atom is 0.240 e. The van der Waals surface area contributed by atoms with Crippen molar-refractivity contribution in [2.75, 3.05) is 5.73 Å². The number of hydrogen-bond acceptors (Lipinski definition) is 4. The molecule has 0 fully saturated rings. The second-order valence-corrected chi connectivity index (χ2v) is 5.04. The van der Waals surface area contributed by atoms with E-state index in [0.29, 0.717) is 0 Å². The zero-order valence-corrected chi connectivity index (χ0v) is 11.5. The third kappa shape index (κ3) is 1.90. The number of aryl methyl sites for hydroxylation is 1. The van der Waals surface area contributed by atoms with Gasteiger partial charge in [0.25, 0.3) is 0 Å². The lowest BCUT2D eigenvalue weighted by molar-refractivity contribution is 0.963. The van der Waals surface area contributed by atoms with Crippen LogP contribution in [0.3, 0.4) is 0 Å². The van der Waals surface area contributed by atoms with E-state index in [9.17, 15) is 0 Å². The Bertz CT molecular complexity index is 971. The number of nitrogens with zero attached hydrogens (tertiary/aromatic N) is 4. The molecule has 4 aromatic rings. The Kier molecular flexibility index (Phi) is 2.41. The zero-order chi connectivity index (χ0) is 14.4. The Morgan fingerprint density at radius 2 is 1.90 bits per heavy atom. The topological polar surface area (TPSA) is 69.1 Å². The molecule has 0 radical (unpaired) electrons. The summed E-state index contributed by atoms with van der Waals surface area (Å²) in [7, 11) is 0. The van der Waals surface area contributed by atoms with E-state index in [1.165, 1.54) is 0 Å². The fourth-order valence-electron chi connectivity index (χ4n) is 2.53. The van der Waals surface area contributed by atoms with Gasteiger partial charge in [-0.1, -0.05) is 24.3 Å². The quantitative estimate of drug-likeness (QED) is 0.580. The average Bonchev–Trinajstić information content (AvgIpc) is 2.88. The average molecular weight is 275 g/mol. The Morgan fingerprint density at radius 1 is 1.05 bits per heavy atom. The van der Waals surface area contributed by atoms with Crippen LogP contribution in [0.25, 0.3) is 27.8 Å². The SMILES string of the molecule is Cc1cc(-c2ccc3ccccc3n2)cn2nc(N)nc12. The molecule has 3 heterocycles. The first-order valence-corrected chi connectivity index (χ1v) is 6.69. The third-order valence-corrected chi connectivity index (χ3v) is 3.53. The summed E-state index contributed by atoms with van der Waals surface area (Å²) in [5.41, 5.74) is 10.3. The standard InChI is InChI=1S/C16H13N5/c1-10-8-12(9-21-15(10)19-16(17)20-21)14-7-6-11-4-2-3-5-13(11)18-14/h2-9H,1H3,(H2,17,20). The summed E-state index contributed by atoms with van der Waals surface area (Å²) in [6.07, 6.45) is 1.91. The van der Waals surface area contributed by atoms with E-state index in [1.807, 2.05) is 37.4 Å². The molecule has 102 valence electrons. The highest BCUT2D eigenvalue weighted by Gasteiger charge is 2.08. The third-order valence-electron chi connectivity index (χ3n) is 3.53. The van der Waals surface area contributed by atoms with Crippen LogP contribution in [-0.4, -0.2) is 19.6 Å². The molecule has 5 heteroatoms. The van der Waals surface area contributed by atoms with Crippen LogP contribution >= 0.6 is 0 Å². The van der Waals surface area contributed by atoms with Gasteiger partial charge in [-0.3, -0.25) is 0 Å². The van der Waals surface area contributed by atoms with E-state index < -0.39 is 0 Å². The molecule has 3 aromatic heterocycles. The second kappa shape index (κ2) is 4.28. The van der Waals surface area contributed by atoms with Gasteiger partial charge >= 0.3 is 0 Å². The number of hydrogen-bond donors (Lipinski definition) is 1. The molecule has 0 bridgehead atoms. The fourth-order valence-corrected chi connectivity index (χ4v) is 2.53. The lowest BCUT2D eigenvalue weighted by Gasteiger charge is -2.05. The van der Waals surface area contributed by atoms with Crippen molar-refractivity contribution in [2.24, 2.45) is 0 Å². The minimum absolute atomic E-state index is 0.279. The van der Waals surface area contributed by atoms with Crippen molar-refractivity contribution in [1.29, 1.82) is 0 Å². The van der Waals surface area contributed by atoms with Gasteiger partial charge in [0.1, 0.15) is 0 Å². The van der Waals surface area contributed by atoms with Crippen molar-refractivity contribution in [3.63, 3.8) is 0 Å². The van der Waals surface area contributed by atoms with Crippen LogP contribution < -0.4 is 5.73 Å². The molecule has 21 heavy (non-hydrogen) atoms. The lowest BCUT2D eigenvalue weighted by Crippen LogP contribution is -1.94. The summed E-state index contributed by atoms with van der Waals surface area (Å²) < 4.78 is 1.71. The highest BCUT2D eigenvalue weighted by molar-refractivity contribution is 5.81. The Balaban J connectivity index is 1.94. The maximum absolute atomic E-state index is 5.66. The molecule has 0 amide bonds. The van der Waals surface area contributed by atoms with E-state index in [0.717, 1.165) is 33.4 Å².